The van der Waals surface area contributed by atoms with Crippen LogP contribution in [-0.4, -0.2) is 57.2 Å². The van der Waals surface area contributed by atoms with E-state index in [1.54, 1.807) is 43.5 Å². The van der Waals surface area contributed by atoms with Crippen LogP contribution in [0, 0.1) is 0 Å². The lowest BCUT2D eigenvalue weighted by Gasteiger charge is -2.14. The van der Waals surface area contributed by atoms with Crippen LogP contribution >= 0.6 is 0 Å². The largest absolute Gasteiger partial charge is 0.508 e. The molecule has 1 fully saturated rings. The molecule has 2 aromatic carbocycles. The van der Waals surface area contributed by atoms with Gasteiger partial charge in [0.1, 0.15) is 11.5 Å². The van der Waals surface area contributed by atoms with Crippen molar-refractivity contribution in [2.24, 2.45) is 0 Å². The molecule has 1 aliphatic rings. The Bertz CT molecular complexity index is 1140. The Kier molecular flexibility index (Phi) is 5.57. The van der Waals surface area contributed by atoms with Crippen LogP contribution in [0.15, 0.2) is 48.5 Å². The van der Waals surface area contributed by atoms with Gasteiger partial charge in [0.05, 0.1) is 7.11 Å². The molecule has 4 rings (SSSR count). The van der Waals surface area contributed by atoms with Gasteiger partial charge in [0.15, 0.2) is 6.17 Å². The van der Waals surface area contributed by atoms with Gasteiger partial charge in [-0.05, 0) is 48.5 Å². The van der Waals surface area contributed by atoms with E-state index < -0.39 is 18.1 Å². The number of benzene rings is 2. The lowest BCUT2D eigenvalue weighted by molar-refractivity contribution is -0.125. The second-order valence-electron chi connectivity index (χ2n) is 6.76. The first-order chi connectivity index (χ1) is 15.4. The minimum Gasteiger partial charge on any atom is -0.508 e. The van der Waals surface area contributed by atoms with Crippen LogP contribution in [0.5, 0.6) is 11.5 Å². The molecule has 3 aromatic rings. The maximum atomic E-state index is 12.2. The van der Waals surface area contributed by atoms with Crippen LogP contribution in [0.1, 0.15) is 0 Å². The van der Waals surface area contributed by atoms with Gasteiger partial charge < -0.3 is 31.1 Å². The third kappa shape index (κ3) is 4.59. The first-order valence-corrected chi connectivity index (χ1v) is 9.49. The molecule has 12 heteroatoms. The van der Waals surface area contributed by atoms with E-state index >= 15 is 0 Å². The molecule has 3 amide bonds. The Morgan fingerprint density at radius 2 is 1.44 bits per heavy atom. The number of carbonyl (C=O) groups is 2. The standard InChI is InChI=1S/C20H20N8O4/c1-28-16(30)15(24-20(28)31)23-19-26-17(21-11-3-7-13(29)8-4-11)25-18(27-19)22-12-5-9-14(32-2)10-6-12/h3-10,15,29H,1-2H3,(H,24,31)(H3,21,22,23,25,26,27). The Morgan fingerprint density at radius 1 is 0.906 bits per heavy atom. The summed E-state index contributed by atoms with van der Waals surface area (Å²) >= 11 is 0. The zero-order valence-corrected chi connectivity index (χ0v) is 17.2. The number of hydrogen-bond acceptors (Lipinski definition) is 10. The quantitative estimate of drug-likeness (QED) is 0.274. The summed E-state index contributed by atoms with van der Waals surface area (Å²) in [7, 11) is 2.95. The number of phenols is 1. The average Bonchev–Trinajstić information content (AvgIpc) is 3.02. The molecule has 164 valence electrons. The number of hydrogen-bond donors (Lipinski definition) is 5. The molecule has 2 heterocycles. The molecule has 1 aliphatic heterocycles. The number of phenolic OH excluding ortho intramolecular Hbond substituents is 1. The summed E-state index contributed by atoms with van der Waals surface area (Å²) in [5.74, 6) is 0.783. The molecule has 1 unspecified atom stereocenters. The molecule has 5 N–H and O–H groups in total. The molecule has 12 nitrogen and oxygen atoms in total. The number of urea groups is 1. The van der Waals surface area contributed by atoms with E-state index in [0.29, 0.717) is 17.1 Å². The number of aromatic nitrogens is 3. The van der Waals surface area contributed by atoms with Crippen molar-refractivity contribution >= 4 is 41.2 Å². The van der Waals surface area contributed by atoms with Crippen molar-refractivity contribution in [3.05, 3.63) is 48.5 Å². The van der Waals surface area contributed by atoms with Gasteiger partial charge in [-0.25, -0.2) is 4.79 Å². The lowest BCUT2D eigenvalue weighted by Crippen LogP contribution is -2.37. The van der Waals surface area contributed by atoms with Gasteiger partial charge >= 0.3 is 6.03 Å². The third-order valence-corrected chi connectivity index (χ3v) is 4.53. The van der Waals surface area contributed by atoms with E-state index in [-0.39, 0.29) is 23.6 Å². The van der Waals surface area contributed by atoms with Gasteiger partial charge in [0, 0.05) is 18.4 Å². The van der Waals surface area contributed by atoms with Gasteiger partial charge in [-0.2, -0.15) is 15.0 Å². The summed E-state index contributed by atoms with van der Waals surface area (Å²) in [6.07, 6.45) is -1.01. The van der Waals surface area contributed by atoms with Crippen LogP contribution in [0.3, 0.4) is 0 Å². The maximum Gasteiger partial charge on any atom is 0.325 e. The first-order valence-electron chi connectivity index (χ1n) is 9.49. The fourth-order valence-corrected chi connectivity index (χ4v) is 2.83. The van der Waals surface area contributed by atoms with Crippen LogP contribution in [0.4, 0.5) is 34.0 Å². The minimum absolute atomic E-state index is 0.0613. The summed E-state index contributed by atoms with van der Waals surface area (Å²) in [6, 6.07) is 12.9. The average molecular weight is 436 g/mol. The van der Waals surface area contributed by atoms with Crippen molar-refractivity contribution in [1.82, 2.24) is 25.2 Å². The Labute approximate surface area is 182 Å². The van der Waals surface area contributed by atoms with Crippen molar-refractivity contribution < 1.29 is 19.4 Å². The highest BCUT2D eigenvalue weighted by atomic mass is 16.5. The Morgan fingerprint density at radius 3 is 1.94 bits per heavy atom. The van der Waals surface area contributed by atoms with Crippen LogP contribution in [0.25, 0.3) is 0 Å². The SMILES string of the molecule is COc1ccc(Nc2nc(Nc3ccc(O)cc3)nc(NC3NC(=O)N(C)C3=O)n2)cc1. The number of likely N-dealkylation sites (N-methyl/N-ethyl adjacent to an activating group) is 1. The monoisotopic (exact) mass is 436 g/mol. The van der Waals surface area contributed by atoms with Crippen molar-refractivity contribution in [1.29, 1.82) is 0 Å². The highest BCUT2D eigenvalue weighted by Crippen LogP contribution is 2.22. The predicted molar refractivity (Wildman–Crippen MR) is 116 cm³/mol. The molecule has 1 saturated heterocycles. The molecule has 0 radical (unpaired) electrons. The molecule has 0 aliphatic carbocycles. The molecule has 32 heavy (non-hydrogen) atoms. The van der Waals surface area contributed by atoms with E-state index in [9.17, 15) is 14.7 Å². The summed E-state index contributed by atoms with van der Waals surface area (Å²) in [4.78, 5) is 37.8. The topological polar surface area (TPSA) is 154 Å². The van der Waals surface area contributed by atoms with Crippen molar-refractivity contribution in [2.45, 2.75) is 6.17 Å². The van der Waals surface area contributed by atoms with Crippen molar-refractivity contribution in [3.8, 4) is 11.5 Å². The lowest BCUT2D eigenvalue weighted by atomic mass is 10.3. The summed E-state index contributed by atoms with van der Waals surface area (Å²) < 4.78 is 5.16. The zero-order chi connectivity index (χ0) is 22.7. The molecule has 0 saturated carbocycles. The summed E-state index contributed by atoms with van der Waals surface area (Å²) in [5.41, 5.74) is 1.32. The summed E-state index contributed by atoms with van der Waals surface area (Å²) in [5, 5.41) is 20.9. The number of methoxy groups -OCH3 is 1. The van der Waals surface area contributed by atoms with Gasteiger partial charge in [-0.3, -0.25) is 9.69 Å². The first kappa shape index (κ1) is 20.7. The van der Waals surface area contributed by atoms with Gasteiger partial charge in [0.25, 0.3) is 5.91 Å². The van der Waals surface area contributed by atoms with Crippen LogP contribution in [0.2, 0.25) is 0 Å². The molecular weight excluding hydrogens is 416 g/mol. The normalized spacial score (nSPS) is 15.3. The summed E-state index contributed by atoms with van der Waals surface area (Å²) in [6.45, 7) is 0. The second-order valence-corrected chi connectivity index (χ2v) is 6.76. The van der Waals surface area contributed by atoms with Gasteiger partial charge in [-0.15, -0.1) is 0 Å². The maximum absolute atomic E-state index is 12.2. The van der Waals surface area contributed by atoms with Gasteiger partial charge in [-0.1, -0.05) is 0 Å². The van der Waals surface area contributed by atoms with Crippen molar-refractivity contribution in [2.75, 3.05) is 30.1 Å². The fourth-order valence-electron chi connectivity index (χ4n) is 2.83. The van der Waals surface area contributed by atoms with E-state index in [4.69, 9.17) is 4.74 Å². The molecule has 0 bridgehead atoms. The number of aromatic hydroxyl groups is 1. The van der Waals surface area contributed by atoms with Gasteiger partial charge in [0.2, 0.25) is 17.8 Å². The number of rotatable bonds is 7. The number of nitrogens with one attached hydrogen (secondary N) is 4. The van der Waals surface area contributed by atoms with E-state index in [1.165, 1.54) is 19.2 Å². The Balaban J connectivity index is 1.61. The Hall–Kier alpha value is -4.61. The van der Waals surface area contributed by atoms with Crippen LogP contribution < -0.4 is 26.0 Å². The van der Waals surface area contributed by atoms with Crippen molar-refractivity contribution in [3.63, 3.8) is 0 Å². The number of imide groups is 1. The highest BCUT2D eigenvalue weighted by Gasteiger charge is 2.35. The van der Waals surface area contributed by atoms with E-state index in [2.05, 4.69) is 36.2 Å². The number of ether oxygens (including phenoxy) is 1. The van der Waals surface area contributed by atoms with E-state index in [0.717, 1.165) is 4.90 Å². The zero-order valence-electron chi connectivity index (χ0n) is 17.2. The third-order valence-electron chi connectivity index (χ3n) is 4.53. The highest BCUT2D eigenvalue weighted by molar-refractivity contribution is 6.04. The molecule has 0 spiro atoms. The van der Waals surface area contributed by atoms with Crippen LogP contribution in [-0.2, 0) is 4.79 Å². The predicted octanol–water partition coefficient (Wildman–Crippen LogP) is 1.99. The molecule has 1 aromatic heterocycles. The number of anilines is 5. The second kappa shape index (κ2) is 8.63. The van der Waals surface area contributed by atoms with E-state index in [1.807, 2.05) is 0 Å². The molecular formula is C20H20N8O4. The number of amides is 3. The number of nitrogens with zero attached hydrogens (tertiary/aromatic N) is 4. The fraction of sp³-hybridized carbons (Fsp3) is 0.150. The molecule has 1 atom stereocenters. The smallest absolute Gasteiger partial charge is 0.325 e. The number of carbonyl (C=O) groups excluding carboxylic acids is 2. The minimum atomic E-state index is -1.01.